The van der Waals surface area contributed by atoms with E-state index < -0.39 is 10.0 Å². The molecule has 11 nitrogen and oxygen atoms in total. The molecule has 0 radical (unpaired) electrons. The molecule has 1 aliphatic heterocycles. The van der Waals surface area contributed by atoms with Crippen molar-refractivity contribution >= 4 is 70.9 Å². The second kappa shape index (κ2) is 12.0. The lowest BCUT2D eigenvalue weighted by molar-refractivity contribution is 0.209. The van der Waals surface area contributed by atoms with Crippen LogP contribution in [0.1, 0.15) is 19.4 Å². The van der Waals surface area contributed by atoms with Gasteiger partial charge in [0.15, 0.2) is 11.3 Å². The van der Waals surface area contributed by atoms with Gasteiger partial charge >= 0.3 is 0 Å². The summed E-state index contributed by atoms with van der Waals surface area (Å²) in [5, 5.41) is 4.08. The van der Waals surface area contributed by atoms with Crippen molar-refractivity contribution in [2.24, 2.45) is 0 Å². The number of nitrogens with zero attached hydrogens (tertiary/aromatic N) is 6. The predicted molar refractivity (Wildman–Crippen MR) is 189 cm³/mol. The molecule has 0 bridgehead atoms. The highest BCUT2D eigenvalue weighted by Gasteiger charge is 2.25. The van der Waals surface area contributed by atoms with Gasteiger partial charge < -0.3 is 15.0 Å². The van der Waals surface area contributed by atoms with Crippen molar-refractivity contribution < 1.29 is 13.2 Å². The summed E-state index contributed by atoms with van der Waals surface area (Å²) in [6.07, 6.45) is 1.45. The lowest BCUT2D eigenvalue weighted by Gasteiger charge is -2.38. The van der Waals surface area contributed by atoms with E-state index in [2.05, 4.69) is 44.9 Å². The summed E-state index contributed by atoms with van der Waals surface area (Å²) in [6, 6.07) is 20.0. The van der Waals surface area contributed by atoms with E-state index in [1.807, 2.05) is 25.1 Å². The maximum atomic E-state index is 14.2. The fourth-order valence-electron chi connectivity index (χ4n) is 6.11. The van der Waals surface area contributed by atoms with Gasteiger partial charge in [-0.3, -0.25) is 9.69 Å². The highest BCUT2D eigenvalue weighted by molar-refractivity contribution is 9.10. The normalized spacial score (nSPS) is 14.5. The molecule has 0 spiro atoms. The number of benzene rings is 3. The summed E-state index contributed by atoms with van der Waals surface area (Å²) in [6.45, 7) is 10.1. The van der Waals surface area contributed by atoms with Gasteiger partial charge in [0.25, 0.3) is 15.6 Å². The number of nitrogens with one attached hydrogen (secondary N) is 1. The van der Waals surface area contributed by atoms with Gasteiger partial charge in [0, 0.05) is 54.6 Å². The fourth-order valence-corrected chi connectivity index (χ4v) is 7.93. The lowest BCUT2D eigenvalue weighted by Crippen LogP contribution is -2.48. The first-order valence-corrected chi connectivity index (χ1v) is 17.6. The zero-order chi connectivity index (χ0) is 33.0. The molecule has 0 saturated carbocycles. The molecule has 6 aromatic rings. The van der Waals surface area contributed by atoms with Crippen molar-refractivity contribution in [3.8, 4) is 5.75 Å². The van der Waals surface area contributed by atoms with Gasteiger partial charge in [0.05, 0.1) is 34.0 Å². The molecular formula is C34H34BrN7O4S. The molecule has 13 heteroatoms. The molecule has 7 rings (SSSR count). The number of methoxy groups -OCH3 is 1. The van der Waals surface area contributed by atoms with Crippen molar-refractivity contribution in [1.29, 1.82) is 0 Å². The molecule has 1 saturated heterocycles. The highest BCUT2D eigenvalue weighted by Crippen LogP contribution is 2.34. The van der Waals surface area contributed by atoms with Crippen LogP contribution in [0.4, 0.5) is 17.3 Å². The molecule has 1 fully saturated rings. The average molecular weight is 717 g/mol. The summed E-state index contributed by atoms with van der Waals surface area (Å²) >= 11 is 3.51. The van der Waals surface area contributed by atoms with Gasteiger partial charge in [-0.25, -0.2) is 21.8 Å². The third-order valence-electron chi connectivity index (χ3n) is 8.76. The number of aromatic nitrogens is 4. The minimum atomic E-state index is -4.03. The largest absolute Gasteiger partial charge is 0.494 e. The summed E-state index contributed by atoms with van der Waals surface area (Å²) in [4.78, 5) is 28.7. The molecule has 0 aliphatic carbocycles. The van der Waals surface area contributed by atoms with Gasteiger partial charge in [-0.15, -0.1) is 0 Å². The van der Waals surface area contributed by atoms with Crippen molar-refractivity contribution in [2.75, 3.05) is 43.5 Å². The average Bonchev–Trinajstić information content (AvgIpc) is 3.50. The minimum Gasteiger partial charge on any atom is -0.494 e. The van der Waals surface area contributed by atoms with Crippen molar-refractivity contribution in [3.63, 3.8) is 0 Å². The zero-order valence-corrected chi connectivity index (χ0v) is 28.8. The molecular weight excluding hydrogens is 682 g/mol. The predicted octanol–water partition coefficient (Wildman–Crippen LogP) is 5.79. The Hall–Kier alpha value is -4.46. The molecule has 0 atom stereocenters. The Morgan fingerprint density at radius 2 is 1.68 bits per heavy atom. The Balaban J connectivity index is 1.39. The topological polar surface area (TPSA) is 114 Å². The summed E-state index contributed by atoms with van der Waals surface area (Å²) in [5.41, 5.74) is 3.03. The third-order valence-corrected chi connectivity index (χ3v) is 11.1. The number of aryl methyl sites for hydroxylation is 1. The monoisotopic (exact) mass is 715 g/mol. The second-order valence-corrected chi connectivity index (χ2v) is 14.6. The smallest absolute Gasteiger partial charge is 0.269 e. The van der Waals surface area contributed by atoms with Gasteiger partial charge in [0.1, 0.15) is 5.75 Å². The third kappa shape index (κ3) is 5.41. The van der Waals surface area contributed by atoms with Crippen LogP contribution in [-0.2, 0) is 10.0 Å². The summed E-state index contributed by atoms with van der Waals surface area (Å²) in [7, 11) is -2.44. The van der Waals surface area contributed by atoms with Gasteiger partial charge in [0.2, 0.25) is 5.95 Å². The number of hydrogen-bond acceptors (Lipinski definition) is 9. The number of hydrogen-bond donors (Lipinski definition) is 1. The molecule has 4 heterocycles. The molecule has 3 aromatic carbocycles. The first-order chi connectivity index (χ1) is 22.6. The first kappa shape index (κ1) is 31.2. The van der Waals surface area contributed by atoms with Crippen LogP contribution in [0.2, 0.25) is 0 Å². The van der Waals surface area contributed by atoms with Crippen molar-refractivity contribution in [1.82, 2.24) is 23.2 Å². The Morgan fingerprint density at radius 1 is 0.936 bits per heavy atom. The zero-order valence-electron chi connectivity index (χ0n) is 26.4. The van der Waals surface area contributed by atoms with E-state index >= 15 is 0 Å². The van der Waals surface area contributed by atoms with E-state index in [0.717, 1.165) is 41.4 Å². The lowest BCUT2D eigenvalue weighted by atomic mass is 10.2. The van der Waals surface area contributed by atoms with Crippen LogP contribution in [0.25, 0.3) is 27.6 Å². The van der Waals surface area contributed by atoms with Crippen LogP contribution < -0.4 is 20.5 Å². The highest BCUT2D eigenvalue weighted by atomic mass is 79.9. The number of anilines is 3. The van der Waals surface area contributed by atoms with Gasteiger partial charge in [-0.05, 0) is 79.2 Å². The number of rotatable bonds is 7. The van der Waals surface area contributed by atoms with Crippen LogP contribution in [0, 0.1) is 6.92 Å². The van der Waals surface area contributed by atoms with Crippen LogP contribution in [0.5, 0.6) is 5.75 Å². The van der Waals surface area contributed by atoms with Crippen LogP contribution in [-0.4, -0.2) is 71.0 Å². The number of piperazine rings is 1. The molecule has 1 aliphatic rings. The van der Waals surface area contributed by atoms with E-state index in [-0.39, 0.29) is 27.7 Å². The van der Waals surface area contributed by atoms with Crippen molar-refractivity contribution in [3.05, 3.63) is 93.3 Å². The standard InChI is InChI=1S/C34H34BrN7O4S/c1-21(2)39-16-18-40(19-17-39)23-10-13-27(29(20-23)46-4)37-34-38-31-25(14-15-41(31)47(44,45)24-11-8-22(3)9-12-24)32-36-28-7-5-6-26(35)30(28)33(43)42(32)34/h5-15,20-21H,16-19H2,1-4H3,(H,37,38). The Morgan fingerprint density at radius 3 is 2.38 bits per heavy atom. The number of ether oxygens (including phenoxy) is 1. The molecule has 47 heavy (non-hydrogen) atoms. The summed E-state index contributed by atoms with van der Waals surface area (Å²) < 4.78 is 36.7. The van der Waals surface area contributed by atoms with E-state index in [1.54, 1.807) is 55.6 Å². The molecule has 0 amide bonds. The van der Waals surface area contributed by atoms with Crippen LogP contribution in [0.15, 0.2) is 87.1 Å². The molecule has 3 aromatic heterocycles. The van der Waals surface area contributed by atoms with Gasteiger partial charge in [-0.2, -0.15) is 4.98 Å². The Kier molecular flexibility index (Phi) is 7.93. The first-order valence-electron chi connectivity index (χ1n) is 15.3. The molecule has 0 unspecified atom stereocenters. The Labute approximate surface area is 280 Å². The van der Waals surface area contributed by atoms with Crippen LogP contribution in [0.3, 0.4) is 0 Å². The second-order valence-electron chi connectivity index (χ2n) is 11.9. The molecule has 1 N–H and O–H groups in total. The number of fused-ring (bicyclic) bond motifs is 4. The summed E-state index contributed by atoms with van der Waals surface area (Å²) in [5.74, 6) is 0.646. The maximum Gasteiger partial charge on any atom is 0.269 e. The fraction of sp³-hybridized carbons (Fsp3) is 0.265. The minimum absolute atomic E-state index is 0.0957. The van der Waals surface area contributed by atoms with E-state index in [1.165, 1.54) is 10.6 Å². The van der Waals surface area contributed by atoms with E-state index in [0.29, 0.717) is 38.2 Å². The van der Waals surface area contributed by atoms with Gasteiger partial charge in [-0.1, -0.05) is 23.8 Å². The van der Waals surface area contributed by atoms with Crippen LogP contribution >= 0.6 is 15.9 Å². The number of halogens is 1. The molecule has 242 valence electrons. The van der Waals surface area contributed by atoms with E-state index in [9.17, 15) is 13.2 Å². The van der Waals surface area contributed by atoms with E-state index in [4.69, 9.17) is 14.7 Å². The maximum absolute atomic E-state index is 14.2. The Bertz CT molecular complexity index is 2330. The van der Waals surface area contributed by atoms with Crippen molar-refractivity contribution in [2.45, 2.75) is 31.7 Å². The quantitative estimate of drug-likeness (QED) is 0.205. The SMILES string of the molecule is COc1cc(N2CCN(C(C)C)CC2)ccc1Nc1nc2c(ccn2S(=O)(=O)c2ccc(C)cc2)c2nc3cccc(Br)c3c(=O)n12.